The van der Waals surface area contributed by atoms with Crippen LogP contribution in [-0.2, 0) is 0 Å². The SMILES string of the molecule is C[C@@H]1N[C@@]12CSc1ccccc1C2=O. The maximum absolute atomic E-state index is 12.1. The van der Waals surface area contributed by atoms with Gasteiger partial charge >= 0.3 is 0 Å². The molecule has 0 unspecified atom stereocenters. The Morgan fingerprint density at radius 3 is 2.93 bits per heavy atom. The second-order valence-electron chi connectivity index (χ2n) is 3.95. The molecule has 1 saturated heterocycles. The summed E-state index contributed by atoms with van der Waals surface area (Å²) in [6, 6.07) is 8.22. The number of ketones is 1. The van der Waals surface area contributed by atoms with Crippen molar-refractivity contribution >= 4 is 17.5 Å². The lowest BCUT2D eigenvalue weighted by Crippen LogP contribution is -2.35. The summed E-state index contributed by atoms with van der Waals surface area (Å²) in [4.78, 5) is 13.3. The fourth-order valence-corrected chi connectivity index (χ4v) is 3.39. The fourth-order valence-electron chi connectivity index (χ4n) is 2.05. The van der Waals surface area contributed by atoms with Gasteiger partial charge in [-0.25, -0.2) is 0 Å². The molecule has 2 aliphatic rings. The van der Waals surface area contributed by atoms with Crippen molar-refractivity contribution in [3.63, 3.8) is 0 Å². The van der Waals surface area contributed by atoms with E-state index in [1.165, 1.54) is 0 Å². The zero-order chi connectivity index (χ0) is 9.76. The van der Waals surface area contributed by atoms with Crippen LogP contribution in [0, 0.1) is 0 Å². The van der Waals surface area contributed by atoms with Gasteiger partial charge in [0, 0.05) is 22.3 Å². The van der Waals surface area contributed by atoms with E-state index in [-0.39, 0.29) is 11.3 Å². The van der Waals surface area contributed by atoms with Crippen LogP contribution < -0.4 is 5.32 Å². The van der Waals surface area contributed by atoms with Gasteiger partial charge in [0.05, 0.1) is 0 Å². The normalized spacial score (nSPS) is 34.4. The van der Waals surface area contributed by atoms with Gasteiger partial charge in [0.1, 0.15) is 5.54 Å². The molecule has 2 aliphatic heterocycles. The first kappa shape index (κ1) is 8.50. The van der Waals surface area contributed by atoms with E-state index in [9.17, 15) is 4.79 Å². The maximum atomic E-state index is 12.1. The second kappa shape index (κ2) is 2.61. The number of benzene rings is 1. The zero-order valence-electron chi connectivity index (χ0n) is 7.91. The lowest BCUT2D eigenvalue weighted by Gasteiger charge is -2.21. The van der Waals surface area contributed by atoms with Gasteiger partial charge in [0.15, 0.2) is 5.78 Å². The Labute approximate surface area is 87.1 Å². The van der Waals surface area contributed by atoms with Crippen molar-refractivity contribution in [1.82, 2.24) is 5.32 Å². The van der Waals surface area contributed by atoms with Gasteiger partial charge in [-0.3, -0.25) is 10.1 Å². The minimum Gasteiger partial charge on any atom is -0.298 e. The molecule has 0 radical (unpaired) electrons. The topological polar surface area (TPSA) is 39.0 Å². The Kier molecular flexibility index (Phi) is 1.59. The molecule has 1 N–H and O–H groups in total. The maximum Gasteiger partial charge on any atom is 0.186 e. The molecule has 0 bridgehead atoms. The number of carbonyl (C=O) groups is 1. The third kappa shape index (κ3) is 0.940. The number of fused-ring (bicyclic) bond motifs is 1. The largest absolute Gasteiger partial charge is 0.298 e. The molecule has 1 spiro atoms. The van der Waals surface area contributed by atoms with E-state index in [4.69, 9.17) is 0 Å². The fraction of sp³-hybridized carbons (Fsp3) is 0.364. The Bertz CT molecular complexity index is 418. The number of hydrogen-bond acceptors (Lipinski definition) is 3. The molecule has 0 amide bonds. The summed E-state index contributed by atoms with van der Waals surface area (Å²) in [5, 5.41) is 3.27. The molecule has 2 atom stereocenters. The Morgan fingerprint density at radius 1 is 1.50 bits per heavy atom. The highest BCUT2D eigenvalue weighted by atomic mass is 32.2. The minimum atomic E-state index is -0.237. The average Bonchev–Trinajstić information content (AvgIpc) is 2.86. The van der Waals surface area contributed by atoms with Gasteiger partial charge in [0.25, 0.3) is 0 Å². The molecule has 1 aromatic rings. The molecule has 3 rings (SSSR count). The van der Waals surface area contributed by atoms with Crippen LogP contribution in [0.5, 0.6) is 0 Å². The molecule has 1 fully saturated rings. The highest BCUT2D eigenvalue weighted by Crippen LogP contribution is 2.42. The number of carbonyl (C=O) groups excluding carboxylic acids is 1. The number of rotatable bonds is 0. The van der Waals surface area contributed by atoms with Crippen molar-refractivity contribution in [1.29, 1.82) is 0 Å². The van der Waals surface area contributed by atoms with Gasteiger partial charge in [-0.15, -0.1) is 11.8 Å². The lowest BCUT2D eigenvalue weighted by atomic mass is 9.95. The van der Waals surface area contributed by atoms with Gasteiger partial charge in [-0.1, -0.05) is 18.2 Å². The van der Waals surface area contributed by atoms with Gasteiger partial charge in [0.2, 0.25) is 0 Å². The molecule has 3 heteroatoms. The molecule has 0 aromatic heterocycles. The minimum absolute atomic E-state index is 0.237. The smallest absolute Gasteiger partial charge is 0.186 e. The molecule has 2 nitrogen and oxygen atoms in total. The predicted octanol–water partition coefficient (Wildman–Crippen LogP) is 1.71. The van der Waals surface area contributed by atoms with Gasteiger partial charge < -0.3 is 0 Å². The Morgan fingerprint density at radius 2 is 2.21 bits per heavy atom. The molecule has 14 heavy (non-hydrogen) atoms. The van der Waals surface area contributed by atoms with Crippen molar-refractivity contribution in [3.05, 3.63) is 29.8 Å². The van der Waals surface area contributed by atoms with Crippen molar-refractivity contribution in [2.45, 2.75) is 23.4 Å². The summed E-state index contributed by atoms with van der Waals surface area (Å²) in [5.41, 5.74) is 0.652. The summed E-state index contributed by atoms with van der Waals surface area (Å²) in [7, 11) is 0. The summed E-state index contributed by atoms with van der Waals surface area (Å²) in [6.07, 6.45) is 0. The number of thioether (sulfide) groups is 1. The van der Waals surface area contributed by atoms with Gasteiger partial charge in [-0.05, 0) is 13.0 Å². The van der Waals surface area contributed by atoms with Gasteiger partial charge in [-0.2, -0.15) is 0 Å². The lowest BCUT2D eigenvalue weighted by molar-refractivity contribution is 0.0946. The van der Waals surface area contributed by atoms with E-state index in [0.29, 0.717) is 6.04 Å². The second-order valence-corrected chi connectivity index (χ2v) is 4.97. The highest BCUT2D eigenvalue weighted by molar-refractivity contribution is 7.99. The Hall–Kier alpha value is -0.800. The quantitative estimate of drug-likeness (QED) is 0.655. The Balaban J connectivity index is 2.09. The molecule has 2 heterocycles. The van der Waals surface area contributed by atoms with E-state index in [2.05, 4.69) is 12.2 Å². The molecule has 72 valence electrons. The van der Waals surface area contributed by atoms with Crippen LogP contribution in [0.15, 0.2) is 29.2 Å². The van der Waals surface area contributed by atoms with E-state index < -0.39 is 0 Å². The molecule has 0 saturated carbocycles. The molecular formula is C11H11NOS. The first-order valence-electron chi connectivity index (χ1n) is 4.78. The molecule has 0 aliphatic carbocycles. The van der Waals surface area contributed by atoms with Crippen LogP contribution in [0.4, 0.5) is 0 Å². The first-order valence-corrected chi connectivity index (χ1v) is 5.77. The van der Waals surface area contributed by atoms with Crippen LogP contribution in [0.25, 0.3) is 0 Å². The van der Waals surface area contributed by atoms with Crippen molar-refractivity contribution in [2.75, 3.05) is 5.75 Å². The van der Waals surface area contributed by atoms with Crippen molar-refractivity contribution in [2.24, 2.45) is 0 Å². The van der Waals surface area contributed by atoms with E-state index in [1.54, 1.807) is 11.8 Å². The van der Waals surface area contributed by atoms with Crippen LogP contribution in [0.2, 0.25) is 0 Å². The zero-order valence-corrected chi connectivity index (χ0v) is 8.73. The van der Waals surface area contributed by atoms with Crippen LogP contribution in [0.1, 0.15) is 17.3 Å². The summed E-state index contributed by atoms with van der Waals surface area (Å²) in [5.74, 6) is 1.16. The van der Waals surface area contributed by atoms with E-state index in [1.807, 2.05) is 24.3 Å². The highest BCUT2D eigenvalue weighted by Gasteiger charge is 2.58. The summed E-state index contributed by atoms with van der Waals surface area (Å²) in [6.45, 7) is 2.08. The molecule has 1 aromatic carbocycles. The van der Waals surface area contributed by atoms with Crippen LogP contribution in [-0.4, -0.2) is 23.1 Å². The average molecular weight is 205 g/mol. The van der Waals surface area contributed by atoms with Crippen molar-refractivity contribution < 1.29 is 4.79 Å². The summed E-state index contributed by atoms with van der Waals surface area (Å²) >= 11 is 1.78. The van der Waals surface area contributed by atoms with E-state index in [0.717, 1.165) is 16.2 Å². The number of nitrogens with one attached hydrogen (secondary N) is 1. The standard InChI is InChI=1S/C11H11NOS/c1-7-11(12-7)6-14-9-5-3-2-4-8(9)10(11)13/h2-5,7,12H,6H2,1H3/t7-,11-/m0/s1. The number of Topliss-reactive ketones (excluding diaryl/α,β-unsaturated/α-hetero) is 1. The predicted molar refractivity (Wildman–Crippen MR) is 56.8 cm³/mol. The third-order valence-corrected chi connectivity index (χ3v) is 4.39. The monoisotopic (exact) mass is 205 g/mol. The van der Waals surface area contributed by atoms with Crippen LogP contribution in [0.3, 0.4) is 0 Å². The van der Waals surface area contributed by atoms with E-state index >= 15 is 0 Å². The number of hydrogen-bond donors (Lipinski definition) is 1. The summed E-state index contributed by atoms with van der Waals surface area (Å²) < 4.78 is 0. The third-order valence-electron chi connectivity index (χ3n) is 3.12. The van der Waals surface area contributed by atoms with Crippen molar-refractivity contribution in [3.8, 4) is 0 Å². The first-order chi connectivity index (χ1) is 6.74. The van der Waals surface area contributed by atoms with Crippen LogP contribution >= 0.6 is 11.8 Å². The molecular weight excluding hydrogens is 194 g/mol.